The van der Waals surface area contributed by atoms with Gasteiger partial charge in [0.15, 0.2) is 0 Å². The first-order valence-corrected chi connectivity index (χ1v) is 8.53. The summed E-state index contributed by atoms with van der Waals surface area (Å²) in [6.07, 6.45) is 5.24. The van der Waals surface area contributed by atoms with Crippen LogP contribution in [0.1, 0.15) is 37.3 Å². The molecule has 3 heteroatoms. The highest BCUT2D eigenvalue weighted by Gasteiger charge is 2.40. The predicted molar refractivity (Wildman–Crippen MR) is 84.2 cm³/mol. The van der Waals surface area contributed by atoms with Gasteiger partial charge in [-0.15, -0.1) is 0 Å². The van der Waals surface area contributed by atoms with E-state index >= 15 is 0 Å². The van der Waals surface area contributed by atoms with Crippen LogP contribution in [0, 0.1) is 5.92 Å². The molecule has 3 nitrogen and oxygen atoms in total. The maximum atomic E-state index is 5.58. The number of nitrogens with zero attached hydrogens (tertiary/aromatic N) is 1. The molecule has 21 heavy (non-hydrogen) atoms. The van der Waals surface area contributed by atoms with Gasteiger partial charge in [-0.25, -0.2) is 0 Å². The molecule has 2 aliphatic heterocycles. The summed E-state index contributed by atoms with van der Waals surface area (Å²) in [6.45, 7) is 4.19. The van der Waals surface area contributed by atoms with E-state index in [4.69, 9.17) is 4.74 Å². The van der Waals surface area contributed by atoms with E-state index in [0.29, 0.717) is 18.1 Å². The van der Waals surface area contributed by atoms with Crippen LogP contribution in [0.3, 0.4) is 0 Å². The Hall–Kier alpha value is -0.900. The van der Waals surface area contributed by atoms with E-state index in [9.17, 15) is 0 Å². The number of benzene rings is 1. The van der Waals surface area contributed by atoms with Gasteiger partial charge in [-0.1, -0.05) is 30.3 Å². The summed E-state index contributed by atoms with van der Waals surface area (Å²) in [6, 6.07) is 13.0. The highest BCUT2D eigenvalue weighted by molar-refractivity contribution is 5.21. The van der Waals surface area contributed by atoms with Crippen molar-refractivity contribution in [3.05, 3.63) is 35.9 Å². The normalized spacial score (nSPS) is 32.2. The van der Waals surface area contributed by atoms with Gasteiger partial charge >= 0.3 is 0 Å². The van der Waals surface area contributed by atoms with Crippen LogP contribution >= 0.6 is 0 Å². The fourth-order valence-corrected chi connectivity index (χ4v) is 4.02. The molecule has 0 bridgehead atoms. The third-order valence-electron chi connectivity index (χ3n) is 5.42. The van der Waals surface area contributed by atoms with E-state index in [-0.39, 0.29) is 0 Å². The lowest BCUT2D eigenvalue weighted by molar-refractivity contribution is -0.00221. The van der Waals surface area contributed by atoms with Crippen molar-refractivity contribution in [2.75, 3.05) is 26.3 Å². The molecule has 0 radical (unpaired) electrons. The van der Waals surface area contributed by atoms with Crippen molar-refractivity contribution in [3.63, 3.8) is 0 Å². The SMILES string of the molecule is c1ccc(C2CNC(C3CC3)CN2C2CCOCC2)cc1. The fourth-order valence-electron chi connectivity index (χ4n) is 4.02. The molecule has 2 atom stereocenters. The van der Waals surface area contributed by atoms with E-state index < -0.39 is 0 Å². The van der Waals surface area contributed by atoms with E-state index in [1.165, 1.54) is 37.8 Å². The Kier molecular flexibility index (Phi) is 3.97. The summed E-state index contributed by atoms with van der Waals surface area (Å²) in [7, 11) is 0. The topological polar surface area (TPSA) is 24.5 Å². The molecular formula is C18H26N2O. The molecule has 1 N–H and O–H groups in total. The molecule has 114 valence electrons. The second kappa shape index (κ2) is 6.07. The summed E-state index contributed by atoms with van der Waals surface area (Å²) in [5.41, 5.74) is 1.46. The zero-order chi connectivity index (χ0) is 14.1. The molecule has 0 amide bonds. The van der Waals surface area contributed by atoms with Gasteiger partial charge in [-0.05, 0) is 37.2 Å². The summed E-state index contributed by atoms with van der Waals surface area (Å²) < 4.78 is 5.58. The Morgan fingerprint density at radius 2 is 1.76 bits per heavy atom. The van der Waals surface area contributed by atoms with Crippen molar-refractivity contribution in [1.29, 1.82) is 0 Å². The van der Waals surface area contributed by atoms with E-state index in [0.717, 1.165) is 25.7 Å². The van der Waals surface area contributed by atoms with Gasteiger partial charge in [-0.2, -0.15) is 0 Å². The van der Waals surface area contributed by atoms with Crippen molar-refractivity contribution in [3.8, 4) is 0 Å². The Morgan fingerprint density at radius 3 is 2.48 bits per heavy atom. The number of ether oxygens (including phenoxy) is 1. The Bertz CT molecular complexity index is 454. The van der Waals surface area contributed by atoms with E-state index in [1.807, 2.05) is 0 Å². The Morgan fingerprint density at radius 1 is 1.00 bits per heavy atom. The van der Waals surface area contributed by atoms with E-state index in [2.05, 4.69) is 40.5 Å². The van der Waals surface area contributed by atoms with Crippen LogP contribution in [0.5, 0.6) is 0 Å². The van der Waals surface area contributed by atoms with Crippen LogP contribution in [-0.4, -0.2) is 43.3 Å². The van der Waals surface area contributed by atoms with Crippen LogP contribution in [0.15, 0.2) is 30.3 Å². The second-order valence-electron chi connectivity index (χ2n) is 6.82. The van der Waals surface area contributed by atoms with Gasteiger partial charge < -0.3 is 10.1 Å². The summed E-state index contributed by atoms with van der Waals surface area (Å²) in [5.74, 6) is 0.934. The molecule has 1 aromatic carbocycles. The minimum Gasteiger partial charge on any atom is -0.381 e. The number of rotatable bonds is 3. The molecule has 1 saturated carbocycles. The molecule has 2 unspecified atom stereocenters. The lowest BCUT2D eigenvalue weighted by Gasteiger charge is -2.46. The third kappa shape index (κ3) is 3.01. The largest absolute Gasteiger partial charge is 0.381 e. The van der Waals surface area contributed by atoms with Crippen LogP contribution in [0.2, 0.25) is 0 Å². The summed E-state index contributed by atoms with van der Waals surface area (Å²) in [5, 5.41) is 3.83. The van der Waals surface area contributed by atoms with E-state index in [1.54, 1.807) is 0 Å². The third-order valence-corrected chi connectivity index (χ3v) is 5.42. The molecule has 4 rings (SSSR count). The Balaban J connectivity index is 1.55. The minimum atomic E-state index is 0.532. The molecular weight excluding hydrogens is 260 g/mol. The number of hydrogen-bond acceptors (Lipinski definition) is 3. The van der Waals surface area contributed by atoms with Gasteiger partial charge in [0.1, 0.15) is 0 Å². The van der Waals surface area contributed by atoms with Crippen molar-refractivity contribution in [2.24, 2.45) is 5.92 Å². The van der Waals surface area contributed by atoms with Gasteiger partial charge in [0.2, 0.25) is 0 Å². The standard InChI is InChI=1S/C18H26N2O/c1-2-4-15(5-3-1)18-12-19-17(14-6-7-14)13-20(18)16-8-10-21-11-9-16/h1-5,14,16-19H,6-13H2. The molecule has 0 aromatic heterocycles. The fraction of sp³-hybridized carbons (Fsp3) is 0.667. The predicted octanol–water partition coefficient (Wildman–Crippen LogP) is 2.59. The molecule has 1 aromatic rings. The maximum absolute atomic E-state index is 5.58. The average Bonchev–Trinajstić information content (AvgIpc) is 3.41. The zero-order valence-corrected chi connectivity index (χ0v) is 12.7. The molecule has 1 aliphatic carbocycles. The minimum absolute atomic E-state index is 0.532. The Labute approximate surface area is 127 Å². The number of nitrogens with one attached hydrogen (secondary N) is 1. The number of hydrogen-bond donors (Lipinski definition) is 1. The second-order valence-corrected chi connectivity index (χ2v) is 6.82. The van der Waals surface area contributed by atoms with Crippen LogP contribution < -0.4 is 5.32 Å². The van der Waals surface area contributed by atoms with Crippen molar-refractivity contribution in [1.82, 2.24) is 10.2 Å². The first-order chi connectivity index (χ1) is 10.4. The van der Waals surface area contributed by atoms with Crippen molar-refractivity contribution >= 4 is 0 Å². The van der Waals surface area contributed by atoms with Crippen molar-refractivity contribution in [2.45, 2.75) is 43.8 Å². The molecule has 3 fully saturated rings. The average molecular weight is 286 g/mol. The zero-order valence-electron chi connectivity index (χ0n) is 12.7. The van der Waals surface area contributed by atoms with Gasteiger partial charge in [0.05, 0.1) is 0 Å². The number of piperazine rings is 1. The van der Waals surface area contributed by atoms with Crippen molar-refractivity contribution < 1.29 is 4.74 Å². The van der Waals surface area contributed by atoms with Gasteiger partial charge in [-0.3, -0.25) is 4.90 Å². The highest BCUT2D eigenvalue weighted by atomic mass is 16.5. The first kappa shape index (κ1) is 13.7. The quantitative estimate of drug-likeness (QED) is 0.924. The maximum Gasteiger partial charge on any atom is 0.0480 e. The smallest absolute Gasteiger partial charge is 0.0480 e. The molecule has 2 heterocycles. The molecule has 3 aliphatic rings. The lowest BCUT2D eigenvalue weighted by atomic mass is 9.94. The summed E-state index contributed by atoms with van der Waals surface area (Å²) in [4.78, 5) is 2.79. The monoisotopic (exact) mass is 286 g/mol. The summed E-state index contributed by atoms with van der Waals surface area (Å²) >= 11 is 0. The van der Waals surface area contributed by atoms with Gasteiger partial charge in [0, 0.05) is 44.4 Å². The molecule has 2 saturated heterocycles. The van der Waals surface area contributed by atoms with Gasteiger partial charge in [0.25, 0.3) is 0 Å². The van der Waals surface area contributed by atoms with Crippen LogP contribution in [0.25, 0.3) is 0 Å². The highest BCUT2D eigenvalue weighted by Crippen LogP contribution is 2.37. The molecule has 0 spiro atoms. The van der Waals surface area contributed by atoms with Crippen LogP contribution in [-0.2, 0) is 4.74 Å². The first-order valence-electron chi connectivity index (χ1n) is 8.53. The lowest BCUT2D eigenvalue weighted by Crippen LogP contribution is -2.57. The van der Waals surface area contributed by atoms with Crippen LogP contribution in [0.4, 0.5) is 0 Å².